The second kappa shape index (κ2) is 10.4. The topological polar surface area (TPSA) is 41.9 Å². The molecular weight excluding hydrogens is 266 g/mol. The van der Waals surface area contributed by atoms with Crippen LogP contribution in [0.15, 0.2) is 36.9 Å². The summed E-state index contributed by atoms with van der Waals surface area (Å²) in [7, 11) is 3.36. The van der Waals surface area contributed by atoms with Gasteiger partial charge in [-0.1, -0.05) is 18.2 Å². The van der Waals surface area contributed by atoms with Crippen LogP contribution in [0.2, 0.25) is 0 Å². The van der Waals surface area contributed by atoms with Crippen molar-refractivity contribution in [2.75, 3.05) is 33.9 Å². The van der Waals surface area contributed by atoms with Crippen LogP contribution in [0.1, 0.15) is 18.4 Å². The molecule has 0 heterocycles. The highest BCUT2D eigenvalue weighted by Crippen LogP contribution is 2.15. The number of benzene rings is 1. The fourth-order valence-corrected chi connectivity index (χ4v) is 2.18. The lowest BCUT2D eigenvalue weighted by Crippen LogP contribution is -2.34. The van der Waals surface area contributed by atoms with Crippen molar-refractivity contribution in [1.29, 1.82) is 0 Å². The number of methoxy groups -OCH3 is 2. The fraction of sp³-hybridized carbons (Fsp3) is 0.529. The van der Waals surface area contributed by atoms with E-state index in [0.29, 0.717) is 13.2 Å². The molecule has 0 amide bonds. The van der Waals surface area contributed by atoms with Gasteiger partial charge in [0, 0.05) is 26.7 Å². The largest absolute Gasteiger partial charge is 0.497 e. The Kier molecular flexibility index (Phi) is 8.74. The molecule has 0 fully saturated rings. The van der Waals surface area contributed by atoms with Crippen molar-refractivity contribution in [3.63, 3.8) is 0 Å². The summed E-state index contributed by atoms with van der Waals surface area (Å²) >= 11 is 0. The van der Waals surface area contributed by atoms with E-state index in [1.54, 1.807) is 14.2 Å². The standard InChI is InChI=1S/C17H27NO3/c1-4-5-8-16(19)14-18(10-11-20-2)13-15-7-6-9-17(12-15)21-3/h4,6-7,9,12,16,19H,1,5,8,10-11,13-14H2,2-3H3/t16-/m0/s1. The smallest absolute Gasteiger partial charge is 0.119 e. The quantitative estimate of drug-likeness (QED) is 0.636. The highest BCUT2D eigenvalue weighted by atomic mass is 16.5. The van der Waals surface area contributed by atoms with Crippen LogP contribution in [-0.4, -0.2) is 50.0 Å². The second-order valence-electron chi connectivity index (χ2n) is 5.10. The van der Waals surface area contributed by atoms with Crippen LogP contribution >= 0.6 is 0 Å². The first-order valence-electron chi connectivity index (χ1n) is 7.32. The van der Waals surface area contributed by atoms with Gasteiger partial charge in [0.1, 0.15) is 5.75 Å². The van der Waals surface area contributed by atoms with E-state index in [-0.39, 0.29) is 6.10 Å². The number of hydrogen-bond acceptors (Lipinski definition) is 4. The number of rotatable bonds is 11. The molecule has 0 spiro atoms. The molecule has 0 unspecified atom stereocenters. The van der Waals surface area contributed by atoms with Gasteiger partial charge in [0.25, 0.3) is 0 Å². The van der Waals surface area contributed by atoms with Gasteiger partial charge in [0.15, 0.2) is 0 Å². The van der Waals surface area contributed by atoms with Crippen LogP contribution in [0, 0.1) is 0 Å². The number of allylic oxidation sites excluding steroid dienone is 1. The molecule has 0 saturated carbocycles. The Balaban J connectivity index is 2.60. The molecule has 21 heavy (non-hydrogen) atoms. The first-order valence-corrected chi connectivity index (χ1v) is 7.32. The summed E-state index contributed by atoms with van der Waals surface area (Å²) in [6.45, 7) is 6.53. The maximum Gasteiger partial charge on any atom is 0.119 e. The van der Waals surface area contributed by atoms with Crippen LogP contribution in [-0.2, 0) is 11.3 Å². The Labute approximate surface area is 128 Å². The molecule has 4 nitrogen and oxygen atoms in total. The van der Waals surface area contributed by atoms with Crippen molar-refractivity contribution in [1.82, 2.24) is 4.90 Å². The van der Waals surface area contributed by atoms with Gasteiger partial charge in [-0.15, -0.1) is 6.58 Å². The van der Waals surface area contributed by atoms with Gasteiger partial charge in [-0.3, -0.25) is 4.90 Å². The summed E-state index contributed by atoms with van der Waals surface area (Å²) in [5.74, 6) is 0.853. The molecule has 0 aliphatic carbocycles. The summed E-state index contributed by atoms with van der Waals surface area (Å²) in [5.41, 5.74) is 1.17. The zero-order valence-corrected chi connectivity index (χ0v) is 13.1. The van der Waals surface area contributed by atoms with E-state index in [1.165, 1.54) is 5.56 Å². The van der Waals surface area contributed by atoms with Crippen molar-refractivity contribution >= 4 is 0 Å². The molecule has 0 aliphatic rings. The average molecular weight is 293 g/mol. The number of nitrogens with zero attached hydrogens (tertiary/aromatic N) is 1. The van der Waals surface area contributed by atoms with E-state index in [4.69, 9.17) is 9.47 Å². The van der Waals surface area contributed by atoms with Crippen molar-refractivity contribution in [3.05, 3.63) is 42.5 Å². The maximum absolute atomic E-state index is 10.1. The zero-order valence-electron chi connectivity index (χ0n) is 13.1. The van der Waals surface area contributed by atoms with E-state index >= 15 is 0 Å². The highest BCUT2D eigenvalue weighted by molar-refractivity contribution is 5.28. The first-order chi connectivity index (χ1) is 10.2. The van der Waals surface area contributed by atoms with E-state index in [1.807, 2.05) is 24.3 Å². The minimum absolute atomic E-state index is 0.342. The van der Waals surface area contributed by atoms with Gasteiger partial charge in [-0.2, -0.15) is 0 Å². The number of aliphatic hydroxyl groups excluding tert-OH is 1. The summed E-state index contributed by atoms with van der Waals surface area (Å²) in [6.07, 6.45) is 3.07. The second-order valence-corrected chi connectivity index (χ2v) is 5.10. The Hall–Kier alpha value is -1.36. The summed E-state index contributed by atoms with van der Waals surface area (Å²) in [4.78, 5) is 2.20. The number of hydrogen-bond donors (Lipinski definition) is 1. The van der Waals surface area contributed by atoms with Gasteiger partial charge in [0.05, 0.1) is 19.8 Å². The molecule has 1 rings (SSSR count). The van der Waals surface area contributed by atoms with Crippen molar-refractivity contribution < 1.29 is 14.6 Å². The zero-order chi connectivity index (χ0) is 15.5. The molecule has 1 atom stereocenters. The van der Waals surface area contributed by atoms with Gasteiger partial charge >= 0.3 is 0 Å². The Morgan fingerprint density at radius 1 is 1.38 bits per heavy atom. The predicted molar refractivity (Wildman–Crippen MR) is 85.6 cm³/mol. The first kappa shape index (κ1) is 17.7. The van der Waals surface area contributed by atoms with E-state index in [2.05, 4.69) is 17.5 Å². The summed E-state index contributed by atoms with van der Waals surface area (Å²) < 4.78 is 10.4. The average Bonchev–Trinajstić information content (AvgIpc) is 2.50. The molecule has 118 valence electrons. The Morgan fingerprint density at radius 2 is 2.19 bits per heavy atom. The molecule has 1 aromatic carbocycles. The molecule has 0 aromatic heterocycles. The number of ether oxygens (including phenoxy) is 2. The van der Waals surface area contributed by atoms with E-state index < -0.39 is 0 Å². The maximum atomic E-state index is 10.1. The van der Waals surface area contributed by atoms with Gasteiger partial charge in [0.2, 0.25) is 0 Å². The van der Waals surface area contributed by atoms with Gasteiger partial charge in [-0.25, -0.2) is 0 Å². The molecule has 4 heteroatoms. The Morgan fingerprint density at radius 3 is 2.86 bits per heavy atom. The van der Waals surface area contributed by atoms with Crippen LogP contribution in [0.25, 0.3) is 0 Å². The monoisotopic (exact) mass is 293 g/mol. The molecule has 1 N–H and O–H groups in total. The van der Waals surface area contributed by atoms with Gasteiger partial charge in [-0.05, 0) is 30.5 Å². The minimum atomic E-state index is -0.342. The normalized spacial score (nSPS) is 12.4. The summed E-state index contributed by atoms with van der Waals surface area (Å²) in [6, 6.07) is 8.01. The lowest BCUT2D eigenvalue weighted by molar-refractivity contribution is 0.0809. The van der Waals surface area contributed by atoms with Crippen molar-refractivity contribution in [2.24, 2.45) is 0 Å². The van der Waals surface area contributed by atoms with Crippen molar-refractivity contribution in [2.45, 2.75) is 25.5 Å². The predicted octanol–water partition coefficient (Wildman–Crippen LogP) is 2.47. The van der Waals surface area contributed by atoms with E-state index in [0.717, 1.165) is 31.7 Å². The number of aliphatic hydroxyl groups is 1. The molecule has 0 saturated heterocycles. The SMILES string of the molecule is C=CCC[C@H](O)CN(CCOC)Cc1cccc(OC)c1. The Bertz CT molecular complexity index is 409. The van der Waals surface area contributed by atoms with Crippen LogP contribution in [0.4, 0.5) is 0 Å². The molecule has 0 aliphatic heterocycles. The third kappa shape index (κ3) is 7.27. The molecule has 1 aromatic rings. The fourth-order valence-electron chi connectivity index (χ4n) is 2.18. The lowest BCUT2D eigenvalue weighted by atomic mass is 10.1. The molecule has 0 radical (unpaired) electrons. The molecule has 0 bridgehead atoms. The lowest BCUT2D eigenvalue weighted by Gasteiger charge is -2.25. The molecular formula is C17H27NO3. The van der Waals surface area contributed by atoms with Crippen LogP contribution < -0.4 is 4.74 Å². The summed E-state index contributed by atoms with van der Waals surface area (Å²) in [5, 5.41) is 10.1. The van der Waals surface area contributed by atoms with Crippen LogP contribution in [0.5, 0.6) is 5.75 Å². The minimum Gasteiger partial charge on any atom is -0.497 e. The van der Waals surface area contributed by atoms with Gasteiger partial charge < -0.3 is 14.6 Å². The van der Waals surface area contributed by atoms with Crippen molar-refractivity contribution in [3.8, 4) is 5.75 Å². The third-order valence-corrected chi connectivity index (χ3v) is 3.32. The van der Waals surface area contributed by atoms with Crippen LogP contribution in [0.3, 0.4) is 0 Å². The third-order valence-electron chi connectivity index (χ3n) is 3.32. The highest BCUT2D eigenvalue weighted by Gasteiger charge is 2.12. The van der Waals surface area contributed by atoms with E-state index in [9.17, 15) is 5.11 Å².